The van der Waals surface area contributed by atoms with Crippen molar-refractivity contribution in [1.29, 1.82) is 0 Å². The number of aliphatic hydroxyl groups excluding tert-OH is 6. The zero-order valence-corrected chi connectivity index (χ0v) is 69.2. The highest BCUT2D eigenvalue weighted by Crippen LogP contribution is 2.37. The maximum atomic E-state index is 14.0. The summed E-state index contributed by atoms with van der Waals surface area (Å²) in [6.07, 6.45) is 34.1. The maximum Gasteiger partial charge on any atom is 0.234 e. The van der Waals surface area contributed by atoms with Crippen LogP contribution in [0.15, 0.2) is 91.0 Å². The van der Waals surface area contributed by atoms with E-state index in [9.17, 15) is 40.2 Å². The number of carbonyl (C=O) groups excluding carboxylic acids is 2. The summed E-state index contributed by atoms with van der Waals surface area (Å²) in [5, 5.41) is 70.9. The average Bonchev–Trinajstić information content (AvgIpc) is 0.818. The Labute approximate surface area is 661 Å². The van der Waals surface area contributed by atoms with Crippen molar-refractivity contribution in [1.82, 2.24) is 16.0 Å². The van der Waals surface area contributed by atoms with Crippen molar-refractivity contribution >= 4 is 11.8 Å². The molecule has 0 saturated carbocycles. The molecule has 2 fully saturated rings. The Morgan fingerprint density at radius 2 is 0.844 bits per heavy atom. The van der Waals surface area contributed by atoms with Crippen LogP contribution in [0.4, 0.5) is 0 Å². The number of rotatable bonds is 65. The van der Waals surface area contributed by atoms with Crippen LogP contribution in [0.1, 0.15) is 316 Å². The summed E-state index contributed by atoms with van der Waals surface area (Å²) >= 11 is 0. The molecule has 16 atom stereocenters. The molecule has 0 aromatic heterocycles. The normalized spacial score (nSPS) is 21.7. The molecule has 109 heavy (non-hydrogen) atoms. The molecule has 2 heterocycles. The third-order valence-corrected chi connectivity index (χ3v) is 22.4. The van der Waals surface area contributed by atoms with E-state index in [-0.39, 0.29) is 49.7 Å². The van der Waals surface area contributed by atoms with Crippen LogP contribution in [0.5, 0.6) is 0 Å². The Morgan fingerprint density at radius 3 is 1.34 bits per heavy atom. The quantitative estimate of drug-likeness (QED) is 0.0238. The van der Waals surface area contributed by atoms with Gasteiger partial charge in [-0.1, -0.05) is 358 Å². The molecule has 18 heteroatoms. The highest BCUT2D eigenvalue weighted by molar-refractivity contribution is 5.78. The molecule has 0 radical (unpaired) electrons. The molecule has 0 bridgehead atoms. The molecule has 2 saturated heterocycles. The van der Waals surface area contributed by atoms with Crippen molar-refractivity contribution in [3.8, 4) is 0 Å². The summed E-state index contributed by atoms with van der Waals surface area (Å²) in [6.45, 7) is 17.7. The van der Waals surface area contributed by atoms with Crippen molar-refractivity contribution in [2.75, 3.05) is 39.5 Å². The van der Waals surface area contributed by atoms with Gasteiger partial charge in [0.2, 0.25) is 11.8 Å². The van der Waals surface area contributed by atoms with Gasteiger partial charge in [0.25, 0.3) is 0 Å². The molecule has 3 aromatic carbocycles. The number of aliphatic hydroxyl groups is 6. The third kappa shape index (κ3) is 43.4. The van der Waals surface area contributed by atoms with Crippen LogP contribution in [0, 0.1) is 17.8 Å². The number of amides is 2. The van der Waals surface area contributed by atoms with Gasteiger partial charge in [-0.2, -0.15) is 0 Å². The zero-order chi connectivity index (χ0) is 78.7. The molecule has 2 amide bonds. The second kappa shape index (κ2) is 63.4. The summed E-state index contributed by atoms with van der Waals surface area (Å²) in [5.74, 6) is 0.458. The molecule has 0 spiro atoms. The first-order chi connectivity index (χ1) is 53.1. The Morgan fingerprint density at radius 1 is 0.431 bits per heavy atom. The topological polar surface area (TPSA) is 256 Å². The number of carbonyl (C=O) groups is 2. The minimum Gasteiger partial charge on any atom is -0.394 e. The number of ether oxygens (including phenoxy) is 7. The zero-order valence-electron chi connectivity index (χ0n) is 69.2. The van der Waals surface area contributed by atoms with Gasteiger partial charge in [-0.15, -0.1) is 0 Å². The van der Waals surface area contributed by atoms with Gasteiger partial charge in [-0.3, -0.25) is 9.59 Å². The molecule has 3 aromatic rings. The summed E-state index contributed by atoms with van der Waals surface area (Å²) in [7, 11) is 0. The van der Waals surface area contributed by atoms with E-state index in [0.717, 1.165) is 100 Å². The molecule has 9 N–H and O–H groups in total. The third-order valence-electron chi connectivity index (χ3n) is 22.4. The van der Waals surface area contributed by atoms with Crippen LogP contribution in [-0.4, -0.2) is 162 Å². The molecule has 5 rings (SSSR count). The van der Waals surface area contributed by atoms with Crippen LogP contribution in [0.25, 0.3) is 0 Å². The number of benzene rings is 3. The second-order valence-corrected chi connectivity index (χ2v) is 31.8. The highest BCUT2D eigenvalue weighted by atomic mass is 16.7. The molecule has 0 aliphatic carbocycles. The highest BCUT2D eigenvalue weighted by Gasteiger charge is 2.45. The van der Waals surface area contributed by atoms with Gasteiger partial charge in [0.1, 0.15) is 36.6 Å². The minimum absolute atomic E-state index is 0.0336. The monoisotopic (exact) mass is 1530 g/mol. The van der Waals surface area contributed by atoms with Crippen LogP contribution >= 0.6 is 0 Å². The number of unbranched alkanes of at least 4 members (excludes halogenated alkanes) is 32. The van der Waals surface area contributed by atoms with Crippen LogP contribution in [-0.2, 0) is 62.6 Å². The fourth-order valence-electron chi connectivity index (χ4n) is 14.8. The molecule has 2 aliphatic heterocycles. The molecular weight excluding hydrogens is 1380 g/mol. The van der Waals surface area contributed by atoms with Gasteiger partial charge < -0.3 is 79.7 Å². The summed E-state index contributed by atoms with van der Waals surface area (Å²) in [4.78, 5) is 26.7. The van der Waals surface area contributed by atoms with Gasteiger partial charge in [-0.05, 0) is 60.8 Å². The van der Waals surface area contributed by atoms with Crippen LogP contribution < -0.4 is 16.0 Å². The smallest absolute Gasteiger partial charge is 0.234 e. The summed E-state index contributed by atoms with van der Waals surface area (Å²) in [6, 6.07) is 29.6. The van der Waals surface area contributed by atoms with E-state index in [1.807, 2.05) is 30.3 Å². The number of hydrogen-bond donors (Lipinski definition) is 9. The van der Waals surface area contributed by atoms with Crippen LogP contribution in [0.2, 0.25) is 0 Å². The van der Waals surface area contributed by atoms with E-state index < -0.39 is 74.0 Å². The number of hydrogen-bond acceptors (Lipinski definition) is 16. The second-order valence-electron chi connectivity index (χ2n) is 31.8. The molecular formula is C91H157N3O15. The largest absolute Gasteiger partial charge is 0.394 e. The first-order valence-electron chi connectivity index (χ1n) is 43.9. The lowest BCUT2D eigenvalue weighted by molar-refractivity contribution is -0.303. The Hall–Kier alpha value is -3.96. The van der Waals surface area contributed by atoms with E-state index in [1.54, 1.807) is 0 Å². The number of nitrogens with one attached hydrogen (secondary N) is 3. The Kier molecular flexibility index (Phi) is 56.6. The molecule has 18 nitrogen and oxygen atoms in total. The van der Waals surface area contributed by atoms with E-state index in [0.29, 0.717) is 57.6 Å². The minimum atomic E-state index is -1.61. The Balaban J connectivity index is 0.000000498. The van der Waals surface area contributed by atoms with E-state index in [1.165, 1.54) is 154 Å². The van der Waals surface area contributed by atoms with E-state index in [4.69, 9.17) is 33.2 Å². The first-order valence-corrected chi connectivity index (χ1v) is 43.9. The van der Waals surface area contributed by atoms with Crippen molar-refractivity contribution in [3.63, 3.8) is 0 Å². The lowest BCUT2D eigenvalue weighted by atomic mass is 9.79. The van der Waals surface area contributed by atoms with E-state index in [2.05, 4.69) is 125 Å². The summed E-state index contributed by atoms with van der Waals surface area (Å²) < 4.78 is 44.9. The van der Waals surface area contributed by atoms with Gasteiger partial charge in [-0.25, -0.2) is 0 Å². The lowest BCUT2D eigenvalue weighted by Gasteiger charge is -2.44. The van der Waals surface area contributed by atoms with Gasteiger partial charge in [0.15, 0.2) is 12.6 Å². The predicted molar refractivity (Wildman–Crippen MR) is 439 cm³/mol. The van der Waals surface area contributed by atoms with E-state index >= 15 is 0 Å². The van der Waals surface area contributed by atoms with Crippen molar-refractivity contribution in [2.24, 2.45) is 17.8 Å². The molecule has 4 unspecified atom stereocenters. The Bertz CT molecular complexity index is 2580. The van der Waals surface area contributed by atoms with Crippen molar-refractivity contribution < 1.29 is 73.4 Å². The molecule has 2 aliphatic rings. The van der Waals surface area contributed by atoms with Gasteiger partial charge in [0.05, 0.1) is 83.2 Å². The predicted octanol–water partition coefficient (Wildman–Crippen LogP) is 17.4. The molecule has 626 valence electrons. The summed E-state index contributed by atoms with van der Waals surface area (Å²) in [5.41, 5.74) is 3.36. The van der Waals surface area contributed by atoms with Crippen molar-refractivity contribution in [3.05, 3.63) is 108 Å². The fourth-order valence-corrected chi connectivity index (χ4v) is 14.8. The van der Waals surface area contributed by atoms with Gasteiger partial charge in [0, 0.05) is 12.3 Å². The van der Waals surface area contributed by atoms with Crippen molar-refractivity contribution in [2.45, 2.75) is 398 Å². The van der Waals surface area contributed by atoms with Crippen LogP contribution in [0.3, 0.4) is 0 Å². The first kappa shape index (κ1) is 97.4. The fraction of sp³-hybridized carbons (Fsp3) is 0.780. The lowest BCUT2D eigenvalue weighted by Crippen LogP contribution is -2.60. The maximum absolute atomic E-state index is 14.0. The van der Waals surface area contributed by atoms with Gasteiger partial charge >= 0.3 is 0 Å². The standard InChI is InChI=1S/C58H91NO6.C33H66N2O9/c1-6-8-10-12-14-15-16-17-18-20-21-32-40-54(62-43-51-36-28-24-29-37-51)57(63-44-52-38-30-25-31-39-52)53(59-56(60)41-33-22-19-13-11-9-7-2)45-64-58-49(5)47(3)48(4)55(65-58)46-61-42-50-34-26-23-27-35-50;1-3-5-7-9-10-11-12-13-14-15-16-18-20-26(37)29(39)25(35-28(38)22-34-21-19-17-8-6-4-2)24-43-33-32(42)31(41)30(40)27(23-36)44-33/h23-31,34-39,47-49,53-55,57-58H,6-22,32-33,40-46H2,1-5H3,(H,59,60);25-27,29-34,36-37,39-42H,3-24H2,1-2H3,(H,35,38)/t47-,48+,49?,53-,54+,55?,57-,58-;25-,26+,27?,29-,30-,31-,32?,33-/m00/s1. The SMILES string of the molecule is CCCCCCCCCCCCCC[C@@H](O)[C@@H](O)[C@H](CO[C@H]1OC(CO)[C@H](O)[C@H](O)C1O)NC(=O)CNCCCCCCC.CCCCCCCCCCCCCC[C@@H](OCc1ccccc1)[C@@H](OCc1ccccc1)[C@H](CO[C@H]1OC(COCc2ccccc2)[C@H](C)[C@H](C)C1C)NC(=O)CCCCCCCCC. The average molecular weight is 1530 g/mol.